The minimum absolute atomic E-state index is 0.171. The molecule has 114 valence electrons. The van der Waals surface area contributed by atoms with Gasteiger partial charge in [-0.15, -0.1) is 11.3 Å². The zero-order chi connectivity index (χ0) is 15.2. The van der Waals surface area contributed by atoms with Gasteiger partial charge in [-0.25, -0.2) is 15.8 Å². The molecule has 0 aliphatic rings. The lowest BCUT2D eigenvalue weighted by Gasteiger charge is -2.14. The largest absolute Gasteiger partial charge is 0.374 e. The van der Waals surface area contributed by atoms with Crippen LogP contribution in [0.5, 0.6) is 0 Å². The van der Waals surface area contributed by atoms with E-state index in [2.05, 4.69) is 46.7 Å². The van der Waals surface area contributed by atoms with E-state index >= 15 is 0 Å². The van der Waals surface area contributed by atoms with Crippen LogP contribution in [0, 0.1) is 6.92 Å². The Hall–Kier alpha value is -1.70. The van der Waals surface area contributed by atoms with Crippen molar-refractivity contribution in [2.24, 2.45) is 5.84 Å². The lowest BCUT2D eigenvalue weighted by atomic mass is 10.2. The number of nitrogens with zero attached hydrogens (tertiary/aromatic N) is 2. The van der Waals surface area contributed by atoms with Crippen molar-refractivity contribution in [1.82, 2.24) is 9.97 Å². The fraction of sp³-hybridized carbons (Fsp3) is 0.429. The summed E-state index contributed by atoms with van der Waals surface area (Å²) in [7, 11) is 0. The quantitative estimate of drug-likeness (QED) is 0.539. The summed E-state index contributed by atoms with van der Waals surface area (Å²) in [6.45, 7) is 7.13. The monoisotopic (exact) mass is 307 g/mol. The highest BCUT2D eigenvalue weighted by Crippen LogP contribution is 2.25. The maximum Gasteiger partial charge on any atom is 0.158 e. The predicted molar refractivity (Wildman–Crippen MR) is 86.3 cm³/mol. The van der Waals surface area contributed by atoms with Crippen molar-refractivity contribution >= 4 is 23.0 Å². The van der Waals surface area contributed by atoms with E-state index in [1.807, 2.05) is 6.92 Å². The number of thiophene rings is 1. The van der Waals surface area contributed by atoms with Gasteiger partial charge in [0.25, 0.3) is 0 Å². The average molecular weight is 307 g/mol. The van der Waals surface area contributed by atoms with Gasteiger partial charge < -0.3 is 15.5 Å². The maximum atomic E-state index is 5.45. The molecule has 7 heteroatoms. The number of aryl methyl sites for hydroxylation is 1. The molecule has 0 amide bonds. The van der Waals surface area contributed by atoms with Gasteiger partial charge in [-0.1, -0.05) is 0 Å². The second-order valence-corrected chi connectivity index (χ2v) is 5.97. The molecule has 1 unspecified atom stereocenters. The van der Waals surface area contributed by atoms with Crippen molar-refractivity contribution in [1.29, 1.82) is 0 Å². The topological polar surface area (TPSA) is 85.1 Å². The molecule has 4 N–H and O–H groups in total. The van der Waals surface area contributed by atoms with E-state index in [0.29, 0.717) is 24.9 Å². The normalized spacial score (nSPS) is 12.2. The third-order valence-corrected chi connectivity index (χ3v) is 4.09. The number of aromatic nitrogens is 2. The van der Waals surface area contributed by atoms with Crippen LogP contribution < -0.4 is 16.6 Å². The van der Waals surface area contributed by atoms with Gasteiger partial charge in [0, 0.05) is 22.4 Å². The van der Waals surface area contributed by atoms with Gasteiger partial charge in [0.05, 0.1) is 6.04 Å². The van der Waals surface area contributed by atoms with Crippen LogP contribution in [0.25, 0.3) is 0 Å². The molecular weight excluding hydrogens is 286 g/mol. The Bertz CT molecular complexity index is 586. The Morgan fingerprint density at radius 3 is 2.71 bits per heavy atom. The lowest BCUT2D eigenvalue weighted by Crippen LogP contribution is -2.14. The number of nitrogens with one attached hydrogen (secondary N) is 2. The molecule has 0 fully saturated rings. The van der Waals surface area contributed by atoms with Crippen molar-refractivity contribution in [3.63, 3.8) is 0 Å². The zero-order valence-electron chi connectivity index (χ0n) is 12.5. The summed E-state index contributed by atoms with van der Waals surface area (Å²) in [5.74, 6) is 7.35. The van der Waals surface area contributed by atoms with E-state index in [1.54, 1.807) is 17.4 Å². The molecule has 0 spiro atoms. The maximum absolute atomic E-state index is 5.45. The molecule has 1 atom stereocenters. The molecule has 0 bridgehead atoms. The Kier molecular flexibility index (Phi) is 5.49. The van der Waals surface area contributed by atoms with E-state index in [4.69, 9.17) is 10.6 Å². The SMILES string of the molecule is CCOCc1nc(NN)cc(NC(C)c2ccc(C)s2)n1. The number of nitrogens with two attached hydrogens (primary N) is 1. The van der Waals surface area contributed by atoms with Gasteiger partial charge in [0.2, 0.25) is 0 Å². The van der Waals surface area contributed by atoms with Gasteiger partial charge in [-0.05, 0) is 32.9 Å². The first-order chi connectivity index (χ1) is 10.1. The van der Waals surface area contributed by atoms with E-state index in [-0.39, 0.29) is 6.04 Å². The smallest absolute Gasteiger partial charge is 0.158 e. The first-order valence-electron chi connectivity index (χ1n) is 6.87. The fourth-order valence-electron chi connectivity index (χ4n) is 1.88. The number of rotatable bonds is 7. The molecule has 0 saturated carbocycles. The minimum atomic E-state index is 0.171. The van der Waals surface area contributed by atoms with Crippen LogP contribution in [0.2, 0.25) is 0 Å². The molecule has 2 aromatic rings. The summed E-state index contributed by atoms with van der Waals surface area (Å²) in [5, 5.41) is 3.37. The van der Waals surface area contributed by atoms with Gasteiger partial charge >= 0.3 is 0 Å². The zero-order valence-corrected chi connectivity index (χ0v) is 13.3. The van der Waals surface area contributed by atoms with Crippen LogP contribution in [0.4, 0.5) is 11.6 Å². The molecule has 2 aromatic heterocycles. The third-order valence-electron chi connectivity index (χ3n) is 2.91. The highest BCUT2D eigenvalue weighted by Gasteiger charge is 2.10. The summed E-state index contributed by atoms with van der Waals surface area (Å²) in [4.78, 5) is 11.3. The summed E-state index contributed by atoms with van der Waals surface area (Å²) < 4.78 is 5.35. The van der Waals surface area contributed by atoms with E-state index < -0.39 is 0 Å². The van der Waals surface area contributed by atoms with E-state index in [1.165, 1.54) is 9.75 Å². The number of hydrazine groups is 1. The van der Waals surface area contributed by atoms with Gasteiger partial charge in [0.15, 0.2) is 5.82 Å². The fourth-order valence-corrected chi connectivity index (χ4v) is 2.76. The van der Waals surface area contributed by atoms with Crippen LogP contribution in [-0.4, -0.2) is 16.6 Å². The Labute approximate surface area is 128 Å². The molecule has 2 heterocycles. The first kappa shape index (κ1) is 15.7. The number of hydrogen-bond donors (Lipinski definition) is 3. The third kappa shape index (κ3) is 4.38. The summed E-state index contributed by atoms with van der Waals surface area (Å²) >= 11 is 1.77. The molecular formula is C14H21N5OS. The molecule has 0 saturated heterocycles. The Morgan fingerprint density at radius 2 is 2.10 bits per heavy atom. The van der Waals surface area contributed by atoms with E-state index in [0.717, 1.165) is 5.82 Å². The highest BCUT2D eigenvalue weighted by molar-refractivity contribution is 7.12. The number of anilines is 2. The first-order valence-corrected chi connectivity index (χ1v) is 7.69. The summed E-state index contributed by atoms with van der Waals surface area (Å²) in [6.07, 6.45) is 0. The predicted octanol–water partition coefficient (Wildman–Crippen LogP) is 2.84. The molecule has 0 aromatic carbocycles. The number of nitrogen functional groups attached to an aromatic ring is 1. The minimum Gasteiger partial charge on any atom is -0.374 e. The van der Waals surface area contributed by atoms with Crippen LogP contribution in [0.15, 0.2) is 18.2 Å². The second-order valence-electron chi connectivity index (χ2n) is 4.65. The molecule has 0 aliphatic heterocycles. The Balaban J connectivity index is 2.14. The van der Waals surface area contributed by atoms with Crippen LogP contribution in [-0.2, 0) is 11.3 Å². The average Bonchev–Trinajstić information content (AvgIpc) is 2.91. The second kappa shape index (κ2) is 7.35. The van der Waals surface area contributed by atoms with Crippen molar-refractivity contribution in [3.05, 3.63) is 33.8 Å². The van der Waals surface area contributed by atoms with Crippen molar-refractivity contribution in [2.45, 2.75) is 33.4 Å². The van der Waals surface area contributed by atoms with Crippen molar-refractivity contribution in [2.75, 3.05) is 17.3 Å². The summed E-state index contributed by atoms with van der Waals surface area (Å²) in [6, 6.07) is 6.20. The van der Waals surface area contributed by atoms with Crippen LogP contribution >= 0.6 is 11.3 Å². The van der Waals surface area contributed by atoms with Crippen LogP contribution in [0.1, 0.15) is 35.5 Å². The highest BCUT2D eigenvalue weighted by atomic mass is 32.1. The van der Waals surface area contributed by atoms with Gasteiger partial charge in [-0.2, -0.15) is 0 Å². The van der Waals surface area contributed by atoms with Crippen LogP contribution in [0.3, 0.4) is 0 Å². The molecule has 2 rings (SSSR count). The van der Waals surface area contributed by atoms with Crippen molar-refractivity contribution in [3.8, 4) is 0 Å². The molecule has 6 nitrogen and oxygen atoms in total. The number of ether oxygens (including phenoxy) is 1. The van der Waals surface area contributed by atoms with Gasteiger partial charge in [-0.3, -0.25) is 0 Å². The Morgan fingerprint density at radius 1 is 1.33 bits per heavy atom. The molecule has 0 radical (unpaired) electrons. The van der Waals surface area contributed by atoms with E-state index in [9.17, 15) is 0 Å². The molecule has 0 aliphatic carbocycles. The number of hydrogen-bond acceptors (Lipinski definition) is 7. The van der Waals surface area contributed by atoms with Crippen molar-refractivity contribution < 1.29 is 4.74 Å². The molecule has 21 heavy (non-hydrogen) atoms. The summed E-state index contributed by atoms with van der Waals surface area (Å²) in [5.41, 5.74) is 2.56. The standard InChI is InChI=1S/C14H21N5OS/c1-4-20-8-14-17-12(7-13(18-14)19-15)16-10(3)11-6-5-9(2)21-11/h5-7,10H,4,8,15H2,1-3H3,(H2,16,17,18,19). The van der Waals surface area contributed by atoms with Gasteiger partial charge in [0.1, 0.15) is 18.2 Å². The lowest BCUT2D eigenvalue weighted by molar-refractivity contribution is 0.128.